The molecule has 0 aliphatic heterocycles. The molecule has 0 aromatic heterocycles. The summed E-state index contributed by atoms with van der Waals surface area (Å²) in [4.78, 5) is 0. The minimum Gasteiger partial charge on any atom is -0.0991 e. The summed E-state index contributed by atoms with van der Waals surface area (Å²) in [5, 5.41) is 5.43. The van der Waals surface area contributed by atoms with E-state index in [1.54, 1.807) is 6.08 Å². The van der Waals surface area contributed by atoms with E-state index in [0.29, 0.717) is 0 Å². The van der Waals surface area contributed by atoms with E-state index in [9.17, 15) is 0 Å². The molecular formula is C35H36. The maximum atomic E-state index is 3.64. The third-order valence-corrected chi connectivity index (χ3v) is 6.43. The predicted octanol–water partition coefficient (Wildman–Crippen LogP) is 10.1. The zero-order chi connectivity index (χ0) is 25.2. The van der Waals surface area contributed by atoms with Crippen LogP contribution in [0.1, 0.15) is 33.4 Å². The Hall–Kier alpha value is -3.90. The standard InChI is InChI=1S/C12H12.C12H14.C11H10/c1-9-7-8-10(2)12-6-4-3-5-11(9)12;1-4-5-8-12-9-6-7-10(2)11(12)3;1-9-5-4-7-10-6-2-3-8-11(9)10/h3-8H,1-2H3;4-9H,1H2,2-3H3;2-8H,1H3/b;8-5-;. The average Bonchev–Trinajstić information content (AvgIpc) is 2.88. The molecule has 0 spiro atoms. The molecule has 0 N–H and O–H groups in total. The monoisotopic (exact) mass is 456 g/mol. The van der Waals surface area contributed by atoms with Crippen LogP contribution in [-0.2, 0) is 0 Å². The van der Waals surface area contributed by atoms with Gasteiger partial charge in [0.15, 0.2) is 0 Å². The second-order valence-corrected chi connectivity index (χ2v) is 8.92. The van der Waals surface area contributed by atoms with Crippen molar-refractivity contribution in [2.24, 2.45) is 0 Å². The largest absolute Gasteiger partial charge is 0.0991 e. The third-order valence-electron chi connectivity index (χ3n) is 6.43. The number of benzene rings is 5. The summed E-state index contributed by atoms with van der Waals surface area (Å²) in [5.41, 5.74) is 8.02. The van der Waals surface area contributed by atoms with Crippen LogP contribution in [0.3, 0.4) is 0 Å². The van der Waals surface area contributed by atoms with E-state index < -0.39 is 0 Å². The van der Waals surface area contributed by atoms with Crippen LogP contribution in [0.25, 0.3) is 27.6 Å². The first-order chi connectivity index (χ1) is 16.9. The van der Waals surface area contributed by atoms with Gasteiger partial charge < -0.3 is 0 Å². The van der Waals surface area contributed by atoms with Crippen LogP contribution in [0.5, 0.6) is 0 Å². The fraction of sp³-hybridized carbons (Fsp3) is 0.143. The first-order valence-corrected chi connectivity index (χ1v) is 12.2. The summed E-state index contributed by atoms with van der Waals surface area (Å²) in [6, 6.07) is 34.0. The number of hydrogen-bond donors (Lipinski definition) is 0. The summed E-state index contributed by atoms with van der Waals surface area (Å²) in [5.74, 6) is 0. The molecule has 0 nitrogen and oxygen atoms in total. The average molecular weight is 457 g/mol. The minimum atomic E-state index is 1.27. The van der Waals surface area contributed by atoms with E-state index in [0.717, 1.165) is 0 Å². The predicted molar refractivity (Wildman–Crippen MR) is 157 cm³/mol. The van der Waals surface area contributed by atoms with Gasteiger partial charge in [-0.15, -0.1) is 0 Å². The molecule has 0 heteroatoms. The van der Waals surface area contributed by atoms with Crippen LogP contribution in [0.15, 0.2) is 116 Å². The fourth-order valence-corrected chi connectivity index (χ4v) is 4.11. The van der Waals surface area contributed by atoms with Gasteiger partial charge in [-0.1, -0.05) is 122 Å². The lowest BCUT2D eigenvalue weighted by Gasteiger charge is -2.03. The Balaban J connectivity index is 0.000000147. The summed E-state index contributed by atoms with van der Waals surface area (Å²) >= 11 is 0. The van der Waals surface area contributed by atoms with Gasteiger partial charge in [-0.3, -0.25) is 0 Å². The molecule has 176 valence electrons. The quantitative estimate of drug-likeness (QED) is 0.232. The molecule has 0 unspecified atom stereocenters. The third kappa shape index (κ3) is 6.80. The van der Waals surface area contributed by atoms with Crippen molar-refractivity contribution >= 4 is 27.6 Å². The van der Waals surface area contributed by atoms with Crippen LogP contribution < -0.4 is 0 Å². The van der Waals surface area contributed by atoms with E-state index in [1.165, 1.54) is 54.9 Å². The Morgan fingerprint density at radius 1 is 0.486 bits per heavy atom. The van der Waals surface area contributed by atoms with Gasteiger partial charge in [-0.05, 0) is 89.5 Å². The molecule has 5 rings (SSSR count). The maximum absolute atomic E-state index is 3.64. The lowest BCUT2D eigenvalue weighted by molar-refractivity contribution is 1.33. The molecule has 0 fully saturated rings. The first kappa shape index (κ1) is 25.7. The number of rotatable bonds is 2. The highest BCUT2D eigenvalue weighted by Gasteiger charge is 1.97. The number of aryl methyl sites for hydroxylation is 4. The Kier molecular flexibility index (Phi) is 9.21. The van der Waals surface area contributed by atoms with Gasteiger partial charge in [-0.2, -0.15) is 0 Å². The minimum absolute atomic E-state index is 1.27. The van der Waals surface area contributed by atoms with E-state index in [2.05, 4.69) is 144 Å². The van der Waals surface area contributed by atoms with Gasteiger partial charge >= 0.3 is 0 Å². The number of fused-ring (bicyclic) bond motifs is 2. The summed E-state index contributed by atoms with van der Waals surface area (Å²) < 4.78 is 0. The Bertz CT molecular complexity index is 1400. The van der Waals surface area contributed by atoms with Gasteiger partial charge in [0.05, 0.1) is 0 Å². The normalized spacial score (nSPS) is 10.4. The zero-order valence-corrected chi connectivity index (χ0v) is 21.7. The summed E-state index contributed by atoms with van der Waals surface area (Å²) in [7, 11) is 0. The van der Waals surface area contributed by atoms with Crippen LogP contribution in [0, 0.1) is 34.6 Å². The molecule has 0 heterocycles. The van der Waals surface area contributed by atoms with Gasteiger partial charge in [0.25, 0.3) is 0 Å². The Morgan fingerprint density at radius 3 is 1.57 bits per heavy atom. The van der Waals surface area contributed by atoms with Crippen molar-refractivity contribution in [2.75, 3.05) is 0 Å². The van der Waals surface area contributed by atoms with Crippen molar-refractivity contribution in [3.63, 3.8) is 0 Å². The van der Waals surface area contributed by atoms with Crippen molar-refractivity contribution in [3.8, 4) is 0 Å². The van der Waals surface area contributed by atoms with Crippen LogP contribution in [0.2, 0.25) is 0 Å². The van der Waals surface area contributed by atoms with Crippen molar-refractivity contribution in [2.45, 2.75) is 34.6 Å². The first-order valence-electron chi connectivity index (χ1n) is 12.2. The fourth-order valence-electron chi connectivity index (χ4n) is 4.11. The van der Waals surface area contributed by atoms with Crippen LogP contribution in [0.4, 0.5) is 0 Å². The Morgan fingerprint density at radius 2 is 0.971 bits per heavy atom. The Labute approximate surface area is 211 Å². The molecule has 0 radical (unpaired) electrons. The maximum Gasteiger partial charge on any atom is -0.0152 e. The topological polar surface area (TPSA) is 0 Å². The summed E-state index contributed by atoms with van der Waals surface area (Å²) in [6.07, 6.45) is 5.83. The number of allylic oxidation sites excluding steroid dienone is 2. The van der Waals surface area contributed by atoms with Crippen LogP contribution >= 0.6 is 0 Å². The van der Waals surface area contributed by atoms with E-state index >= 15 is 0 Å². The smallest absolute Gasteiger partial charge is 0.0152 e. The van der Waals surface area contributed by atoms with E-state index in [-0.39, 0.29) is 0 Å². The highest BCUT2D eigenvalue weighted by Crippen LogP contribution is 2.21. The highest BCUT2D eigenvalue weighted by molar-refractivity contribution is 5.88. The lowest BCUT2D eigenvalue weighted by atomic mass is 10.0. The molecular weight excluding hydrogens is 420 g/mol. The highest BCUT2D eigenvalue weighted by atomic mass is 14.0. The zero-order valence-electron chi connectivity index (χ0n) is 21.7. The van der Waals surface area contributed by atoms with Crippen molar-refractivity contribution in [1.29, 1.82) is 0 Å². The van der Waals surface area contributed by atoms with Gasteiger partial charge in [0.1, 0.15) is 0 Å². The molecule has 0 atom stereocenters. The second-order valence-electron chi connectivity index (χ2n) is 8.92. The van der Waals surface area contributed by atoms with Crippen molar-refractivity contribution < 1.29 is 0 Å². The molecule has 0 aliphatic carbocycles. The van der Waals surface area contributed by atoms with Crippen LogP contribution in [-0.4, -0.2) is 0 Å². The summed E-state index contributed by atoms with van der Waals surface area (Å²) in [6.45, 7) is 14.4. The van der Waals surface area contributed by atoms with Crippen molar-refractivity contribution in [1.82, 2.24) is 0 Å². The molecule has 35 heavy (non-hydrogen) atoms. The second kappa shape index (κ2) is 12.5. The lowest BCUT2D eigenvalue weighted by Crippen LogP contribution is -1.83. The van der Waals surface area contributed by atoms with E-state index in [4.69, 9.17) is 0 Å². The molecule has 5 aromatic carbocycles. The molecule has 5 aromatic rings. The van der Waals surface area contributed by atoms with Gasteiger partial charge in [0, 0.05) is 0 Å². The molecule has 0 aliphatic rings. The van der Waals surface area contributed by atoms with Crippen molar-refractivity contribution in [3.05, 3.63) is 149 Å². The van der Waals surface area contributed by atoms with Gasteiger partial charge in [0.2, 0.25) is 0 Å². The van der Waals surface area contributed by atoms with E-state index in [1.807, 2.05) is 6.08 Å². The molecule has 0 saturated heterocycles. The number of hydrogen-bond acceptors (Lipinski definition) is 0. The molecule has 0 bridgehead atoms. The molecule has 0 amide bonds. The van der Waals surface area contributed by atoms with Gasteiger partial charge in [-0.25, -0.2) is 0 Å². The SMILES string of the molecule is C=C/C=C\c1cccc(C)c1C.Cc1ccc(C)c2ccccc12.Cc1cccc2ccccc12. The molecule has 0 saturated carbocycles.